The number of ether oxygens (including phenoxy) is 1. The van der Waals surface area contributed by atoms with E-state index >= 15 is 0 Å². The van der Waals surface area contributed by atoms with Crippen molar-refractivity contribution < 1.29 is 9.53 Å². The molecule has 0 aliphatic heterocycles. The van der Waals surface area contributed by atoms with E-state index in [2.05, 4.69) is 22.3 Å². The summed E-state index contributed by atoms with van der Waals surface area (Å²) in [6.45, 7) is 7.54. The fourth-order valence-electron chi connectivity index (χ4n) is 3.43. The summed E-state index contributed by atoms with van der Waals surface area (Å²) in [7, 11) is 1.66. The predicted molar refractivity (Wildman–Crippen MR) is 131 cm³/mol. The van der Waals surface area contributed by atoms with Gasteiger partial charge >= 0.3 is 0 Å². The lowest BCUT2D eigenvalue weighted by Gasteiger charge is -2.22. The van der Waals surface area contributed by atoms with Crippen LogP contribution in [0.15, 0.2) is 47.6 Å². The third-order valence-electron chi connectivity index (χ3n) is 5.39. The first-order valence-corrected chi connectivity index (χ1v) is 11.8. The van der Waals surface area contributed by atoms with Crippen LogP contribution in [0.1, 0.15) is 23.1 Å². The Hall–Kier alpha value is -3.15. The number of thioether (sulfide) groups is 1. The molecule has 0 N–H and O–H groups in total. The van der Waals surface area contributed by atoms with Gasteiger partial charge in [-0.05, 0) is 50.1 Å². The highest BCUT2D eigenvalue weighted by atomic mass is 32.2. The van der Waals surface area contributed by atoms with Crippen molar-refractivity contribution in [2.75, 3.05) is 30.9 Å². The van der Waals surface area contributed by atoms with E-state index in [1.807, 2.05) is 61.7 Å². The first-order valence-electron chi connectivity index (χ1n) is 10.8. The highest BCUT2D eigenvalue weighted by Crippen LogP contribution is 2.26. The highest BCUT2D eigenvalue weighted by molar-refractivity contribution is 7.99. The van der Waals surface area contributed by atoms with Crippen molar-refractivity contribution in [3.05, 3.63) is 59.2 Å². The monoisotopic (exact) mass is 463 g/mol. The van der Waals surface area contributed by atoms with Crippen molar-refractivity contribution in [3.63, 3.8) is 0 Å². The fraction of sp³-hybridized carbons (Fsp3) is 0.360. The summed E-state index contributed by atoms with van der Waals surface area (Å²) in [6.07, 6.45) is 0.269. The van der Waals surface area contributed by atoms with E-state index in [9.17, 15) is 4.79 Å². The smallest absolute Gasteiger partial charge is 0.237 e. The van der Waals surface area contributed by atoms with Gasteiger partial charge in [0.1, 0.15) is 0 Å². The number of hydrogen-bond donors (Lipinski definition) is 0. The molecule has 0 radical (unpaired) electrons. The number of methoxy groups -OCH3 is 1. The number of aryl methyl sites for hydroxylation is 3. The third kappa shape index (κ3) is 6.21. The summed E-state index contributed by atoms with van der Waals surface area (Å²) in [4.78, 5) is 14.9. The normalized spacial score (nSPS) is 10.8. The van der Waals surface area contributed by atoms with E-state index in [-0.39, 0.29) is 18.1 Å². The number of rotatable bonds is 10. The van der Waals surface area contributed by atoms with Crippen molar-refractivity contribution in [3.8, 4) is 17.5 Å². The largest absolute Gasteiger partial charge is 0.383 e. The van der Waals surface area contributed by atoms with Gasteiger partial charge < -0.3 is 9.64 Å². The molecule has 1 heterocycles. The second-order valence-corrected chi connectivity index (χ2v) is 8.77. The van der Waals surface area contributed by atoms with Crippen molar-refractivity contribution in [1.29, 1.82) is 5.26 Å². The van der Waals surface area contributed by atoms with Crippen LogP contribution in [0.5, 0.6) is 0 Å². The summed E-state index contributed by atoms with van der Waals surface area (Å²) in [5.41, 5.74) is 5.19. The van der Waals surface area contributed by atoms with Crippen molar-refractivity contribution >= 4 is 23.4 Å². The molecular formula is C25H29N5O2S. The lowest BCUT2D eigenvalue weighted by molar-refractivity contribution is -0.116. The van der Waals surface area contributed by atoms with Gasteiger partial charge in [0.15, 0.2) is 11.0 Å². The van der Waals surface area contributed by atoms with Crippen molar-refractivity contribution in [1.82, 2.24) is 14.8 Å². The fourth-order valence-corrected chi connectivity index (χ4v) is 4.28. The molecule has 0 spiro atoms. The molecule has 1 amide bonds. The molecule has 0 saturated heterocycles. The Morgan fingerprint density at radius 2 is 1.97 bits per heavy atom. The van der Waals surface area contributed by atoms with Gasteiger partial charge in [-0.15, -0.1) is 10.2 Å². The number of benzene rings is 2. The molecule has 0 saturated carbocycles. The first kappa shape index (κ1) is 24.5. The van der Waals surface area contributed by atoms with Gasteiger partial charge in [0.05, 0.1) is 31.4 Å². The van der Waals surface area contributed by atoms with Crippen LogP contribution in [0, 0.1) is 32.1 Å². The Bertz CT molecular complexity index is 1150. The molecule has 3 rings (SSSR count). The Morgan fingerprint density at radius 3 is 2.67 bits per heavy atom. The molecule has 8 heteroatoms. The zero-order valence-corrected chi connectivity index (χ0v) is 20.4. The Kier molecular flexibility index (Phi) is 8.64. The van der Waals surface area contributed by atoms with Gasteiger partial charge in [-0.1, -0.05) is 41.6 Å². The molecule has 0 unspecified atom stereocenters. The molecule has 2 aromatic carbocycles. The molecular weight excluding hydrogens is 434 g/mol. The average Bonchev–Trinajstić information content (AvgIpc) is 3.21. The lowest BCUT2D eigenvalue weighted by Crippen LogP contribution is -2.33. The topological polar surface area (TPSA) is 84.0 Å². The van der Waals surface area contributed by atoms with E-state index in [1.54, 1.807) is 12.0 Å². The van der Waals surface area contributed by atoms with Gasteiger partial charge in [0.2, 0.25) is 5.91 Å². The Balaban J connectivity index is 1.82. The molecule has 0 aliphatic carbocycles. The zero-order valence-electron chi connectivity index (χ0n) is 19.5. The third-order valence-corrected chi connectivity index (χ3v) is 6.34. The Labute approximate surface area is 199 Å². The maximum atomic E-state index is 13.2. The quantitative estimate of drug-likeness (QED) is 0.410. The molecule has 172 valence electrons. The molecule has 33 heavy (non-hydrogen) atoms. The highest BCUT2D eigenvalue weighted by Gasteiger charge is 2.20. The summed E-state index contributed by atoms with van der Waals surface area (Å²) >= 11 is 1.35. The van der Waals surface area contributed by atoms with E-state index in [4.69, 9.17) is 10.00 Å². The number of carbonyl (C=O) groups is 1. The Morgan fingerprint density at radius 1 is 1.15 bits per heavy atom. The lowest BCUT2D eigenvalue weighted by atomic mass is 10.1. The molecule has 1 aromatic heterocycles. The number of nitriles is 1. The van der Waals surface area contributed by atoms with Gasteiger partial charge in [-0.3, -0.25) is 9.36 Å². The van der Waals surface area contributed by atoms with Crippen LogP contribution in [0.3, 0.4) is 0 Å². The van der Waals surface area contributed by atoms with Crippen LogP contribution >= 0.6 is 11.8 Å². The van der Waals surface area contributed by atoms with Crippen LogP contribution in [0.25, 0.3) is 11.4 Å². The average molecular weight is 464 g/mol. The zero-order chi connectivity index (χ0) is 23.8. The maximum absolute atomic E-state index is 13.2. The van der Waals surface area contributed by atoms with Gasteiger partial charge in [0, 0.05) is 24.9 Å². The number of nitrogens with zero attached hydrogens (tertiary/aromatic N) is 5. The molecule has 3 aromatic rings. The summed E-state index contributed by atoms with van der Waals surface area (Å²) in [6, 6.07) is 16.2. The molecule has 0 atom stereocenters. The standard InChI is InChI=1S/C25H29N5O2S/c1-18-7-5-8-21(15-18)24-27-28-25(30(24)13-14-32-4)33-17-23(31)29(12-6-11-26)22-10-9-19(2)20(3)16-22/h5,7-10,15-16H,6,12-14,17H2,1-4H3. The van der Waals surface area contributed by atoms with E-state index in [1.165, 1.54) is 11.8 Å². The van der Waals surface area contributed by atoms with Crippen LogP contribution in [-0.4, -0.2) is 46.7 Å². The maximum Gasteiger partial charge on any atom is 0.237 e. The molecule has 0 aliphatic rings. The minimum Gasteiger partial charge on any atom is -0.383 e. The van der Waals surface area contributed by atoms with Crippen molar-refractivity contribution in [2.24, 2.45) is 0 Å². The van der Waals surface area contributed by atoms with Crippen LogP contribution in [0.2, 0.25) is 0 Å². The van der Waals surface area contributed by atoms with Gasteiger partial charge in [-0.2, -0.15) is 5.26 Å². The minimum absolute atomic E-state index is 0.0723. The summed E-state index contributed by atoms with van der Waals surface area (Å²) in [5, 5.41) is 18.5. The first-order chi connectivity index (χ1) is 15.9. The molecule has 7 nitrogen and oxygen atoms in total. The predicted octanol–water partition coefficient (Wildman–Crippen LogP) is 4.56. The molecule has 0 fully saturated rings. The number of aromatic nitrogens is 3. The van der Waals surface area contributed by atoms with E-state index < -0.39 is 0 Å². The summed E-state index contributed by atoms with van der Waals surface area (Å²) < 4.78 is 7.27. The van der Waals surface area contributed by atoms with Gasteiger partial charge in [-0.25, -0.2) is 0 Å². The van der Waals surface area contributed by atoms with Crippen LogP contribution in [-0.2, 0) is 16.1 Å². The van der Waals surface area contributed by atoms with E-state index in [0.717, 1.165) is 33.8 Å². The second kappa shape index (κ2) is 11.6. The van der Waals surface area contributed by atoms with Crippen molar-refractivity contribution in [2.45, 2.75) is 38.9 Å². The second-order valence-electron chi connectivity index (χ2n) is 7.83. The summed E-state index contributed by atoms with van der Waals surface area (Å²) in [5.74, 6) is 0.871. The minimum atomic E-state index is -0.0723. The van der Waals surface area contributed by atoms with Crippen LogP contribution in [0.4, 0.5) is 5.69 Å². The van der Waals surface area contributed by atoms with Gasteiger partial charge in [0.25, 0.3) is 0 Å². The number of hydrogen-bond acceptors (Lipinski definition) is 6. The number of carbonyl (C=O) groups excluding carboxylic acids is 1. The number of anilines is 1. The van der Waals surface area contributed by atoms with Crippen LogP contribution < -0.4 is 4.90 Å². The number of amides is 1. The molecule has 0 bridgehead atoms. The SMILES string of the molecule is COCCn1c(SCC(=O)N(CCC#N)c2ccc(C)c(C)c2)nnc1-c1cccc(C)c1. The van der Waals surface area contributed by atoms with E-state index in [0.29, 0.717) is 24.9 Å².